The van der Waals surface area contributed by atoms with Gasteiger partial charge in [-0.15, -0.1) is 11.8 Å². The number of carboxylic acid groups (broad SMARTS) is 1. The maximum absolute atomic E-state index is 10.4. The minimum absolute atomic E-state index is 0.0338. The Morgan fingerprint density at radius 1 is 1.42 bits per heavy atom. The molecule has 0 radical (unpaired) electrons. The van der Waals surface area contributed by atoms with Crippen molar-refractivity contribution in [2.75, 3.05) is 12.9 Å². The first kappa shape index (κ1) is 13.7. The Bertz CT molecular complexity index is 613. The van der Waals surface area contributed by atoms with E-state index in [1.165, 1.54) is 11.8 Å². The molecule has 2 rings (SSSR count). The summed E-state index contributed by atoms with van der Waals surface area (Å²) in [5.74, 6) is 0.237. The summed E-state index contributed by atoms with van der Waals surface area (Å²) in [6, 6.07) is 7.68. The van der Waals surface area contributed by atoms with Gasteiger partial charge in [-0.25, -0.2) is 4.98 Å². The molecule has 1 aromatic heterocycles. The van der Waals surface area contributed by atoms with Gasteiger partial charge in [-0.2, -0.15) is 0 Å². The fraction of sp³-hybridized carbons (Fsp3) is 0.286. The van der Waals surface area contributed by atoms with Crippen LogP contribution in [-0.2, 0) is 4.79 Å². The number of carboxylic acids is 1. The second-order valence-electron chi connectivity index (χ2n) is 4.13. The quantitative estimate of drug-likeness (QED) is 0.779. The maximum atomic E-state index is 10.4. The molecule has 5 heteroatoms. The predicted octanol–water partition coefficient (Wildman–Crippen LogP) is 1.78. The second kappa shape index (κ2) is 5.93. The van der Waals surface area contributed by atoms with Crippen LogP contribution in [0.3, 0.4) is 0 Å². The molecule has 2 aromatic rings. The van der Waals surface area contributed by atoms with Crippen molar-refractivity contribution >= 4 is 28.6 Å². The van der Waals surface area contributed by atoms with Crippen LogP contribution >= 0.6 is 11.8 Å². The lowest BCUT2D eigenvalue weighted by Gasteiger charge is -2.08. The molecule has 0 aliphatic rings. The van der Waals surface area contributed by atoms with Crippen molar-refractivity contribution in [2.24, 2.45) is 0 Å². The smallest absolute Gasteiger partial charge is 0.119 e. The molecule has 0 aliphatic heterocycles. The van der Waals surface area contributed by atoms with Crippen LogP contribution in [0.4, 0.5) is 0 Å². The monoisotopic (exact) mass is 276 g/mol. The van der Waals surface area contributed by atoms with E-state index in [1.807, 2.05) is 31.2 Å². The number of thioether (sulfide) groups is 1. The largest absolute Gasteiger partial charge is 0.550 e. The SMILES string of the molecule is COc1ccc2nc(SCCC(=O)[O-])cc(C)c2c1. The van der Waals surface area contributed by atoms with Gasteiger partial charge < -0.3 is 14.6 Å². The van der Waals surface area contributed by atoms with Gasteiger partial charge in [0.1, 0.15) is 5.75 Å². The zero-order chi connectivity index (χ0) is 13.8. The van der Waals surface area contributed by atoms with Crippen molar-refractivity contribution in [1.82, 2.24) is 4.98 Å². The lowest BCUT2D eigenvalue weighted by atomic mass is 10.1. The summed E-state index contributed by atoms with van der Waals surface area (Å²) in [4.78, 5) is 14.9. The molecule has 1 aromatic carbocycles. The molecule has 0 fully saturated rings. The van der Waals surface area contributed by atoms with Crippen LogP contribution in [0.15, 0.2) is 29.3 Å². The number of aromatic nitrogens is 1. The van der Waals surface area contributed by atoms with Crippen molar-refractivity contribution in [2.45, 2.75) is 18.4 Å². The van der Waals surface area contributed by atoms with Crippen molar-refractivity contribution in [3.63, 3.8) is 0 Å². The molecule has 0 aliphatic carbocycles. The fourth-order valence-electron chi connectivity index (χ4n) is 1.78. The molecule has 100 valence electrons. The Morgan fingerprint density at radius 2 is 2.21 bits per heavy atom. The molecule has 0 saturated carbocycles. The second-order valence-corrected chi connectivity index (χ2v) is 5.25. The number of aryl methyl sites for hydroxylation is 1. The number of rotatable bonds is 5. The van der Waals surface area contributed by atoms with Gasteiger partial charge in [0.25, 0.3) is 0 Å². The van der Waals surface area contributed by atoms with Crippen LogP contribution in [0.25, 0.3) is 10.9 Å². The van der Waals surface area contributed by atoms with E-state index >= 15 is 0 Å². The number of aliphatic carboxylic acids is 1. The van der Waals surface area contributed by atoms with E-state index in [4.69, 9.17) is 4.74 Å². The summed E-state index contributed by atoms with van der Waals surface area (Å²) in [6.07, 6.45) is 0.0338. The van der Waals surface area contributed by atoms with Crippen LogP contribution in [0, 0.1) is 6.92 Å². The number of methoxy groups -OCH3 is 1. The van der Waals surface area contributed by atoms with Gasteiger partial charge in [0.15, 0.2) is 0 Å². The number of fused-ring (bicyclic) bond motifs is 1. The van der Waals surface area contributed by atoms with Crippen LogP contribution < -0.4 is 9.84 Å². The fourth-order valence-corrected chi connectivity index (χ4v) is 2.68. The molecule has 0 spiro atoms. The summed E-state index contributed by atoms with van der Waals surface area (Å²) < 4.78 is 5.19. The average Bonchev–Trinajstić information content (AvgIpc) is 2.38. The van der Waals surface area contributed by atoms with Gasteiger partial charge in [-0.1, -0.05) is 0 Å². The standard InChI is InChI=1S/C14H15NO3S/c1-9-7-13(19-6-5-14(16)17)15-12-4-3-10(18-2)8-11(9)12/h3-4,7-8H,5-6H2,1-2H3,(H,16,17)/p-1. The topological polar surface area (TPSA) is 62.2 Å². The number of hydrogen-bond acceptors (Lipinski definition) is 5. The van der Waals surface area contributed by atoms with E-state index < -0.39 is 5.97 Å². The number of hydrogen-bond donors (Lipinski definition) is 0. The van der Waals surface area contributed by atoms with Crippen LogP contribution in [-0.4, -0.2) is 23.8 Å². The third-order valence-corrected chi connectivity index (χ3v) is 3.67. The van der Waals surface area contributed by atoms with Gasteiger partial charge in [0, 0.05) is 17.1 Å². The summed E-state index contributed by atoms with van der Waals surface area (Å²) in [5.41, 5.74) is 1.98. The third-order valence-electron chi connectivity index (χ3n) is 2.76. The van der Waals surface area contributed by atoms with Crippen LogP contribution in [0.5, 0.6) is 5.75 Å². The number of carbonyl (C=O) groups excluding carboxylic acids is 1. The zero-order valence-electron chi connectivity index (χ0n) is 10.8. The summed E-state index contributed by atoms with van der Waals surface area (Å²) in [7, 11) is 1.63. The highest BCUT2D eigenvalue weighted by Crippen LogP contribution is 2.26. The Balaban J connectivity index is 2.26. The molecule has 19 heavy (non-hydrogen) atoms. The van der Waals surface area contributed by atoms with E-state index in [-0.39, 0.29) is 6.42 Å². The highest BCUT2D eigenvalue weighted by molar-refractivity contribution is 7.99. The number of nitrogens with zero attached hydrogens (tertiary/aromatic N) is 1. The molecule has 1 heterocycles. The van der Waals surface area contributed by atoms with Crippen LogP contribution in [0.2, 0.25) is 0 Å². The molecule has 0 bridgehead atoms. The molecular formula is C14H14NO3S-. The highest BCUT2D eigenvalue weighted by Gasteiger charge is 2.05. The number of benzene rings is 1. The number of carbonyl (C=O) groups is 1. The first-order chi connectivity index (χ1) is 9.10. The lowest BCUT2D eigenvalue weighted by Crippen LogP contribution is -2.22. The first-order valence-electron chi connectivity index (χ1n) is 5.88. The first-order valence-corrected chi connectivity index (χ1v) is 6.87. The van der Waals surface area contributed by atoms with Gasteiger partial charge in [0.05, 0.1) is 17.7 Å². The number of ether oxygens (including phenoxy) is 1. The summed E-state index contributed by atoms with van der Waals surface area (Å²) >= 11 is 1.42. The van der Waals surface area contributed by atoms with Crippen molar-refractivity contribution in [1.29, 1.82) is 0 Å². The molecule has 4 nitrogen and oxygen atoms in total. The van der Waals surface area contributed by atoms with Gasteiger partial charge >= 0.3 is 0 Å². The molecule has 0 unspecified atom stereocenters. The zero-order valence-corrected chi connectivity index (χ0v) is 11.6. The van der Waals surface area contributed by atoms with E-state index in [9.17, 15) is 9.90 Å². The van der Waals surface area contributed by atoms with Gasteiger partial charge in [-0.05, 0) is 43.2 Å². The normalized spacial score (nSPS) is 10.6. The molecular weight excluding hydrogens is 262 g/mol. The van der Waals surface area contributed by atoms with E-state index in [0.717, 1.165) is 27.2 Å². The Morgan fingerprint density at radius 3 is 2.89 bits per heavy atom. The molecule has 0 saturated heterocycles. The van der Waals surface area contributed by atoms with E-state index in [1.54, 1.807) is 7.11 Å². The highest BCUT2D eigenvalue weighted by atomic mass is 32.2. The van der Waals surface area contributed by atoms with Crippen molar-refractivity contribution in [3.05, 3.63) is 29.8 Å². The summed E-state index contributed by atoms with van der Waals surface area (Å²) in [6.45, 7) is 2.01. The predicted molar refractivity (Wildman–Crippen MR) is 73.4 cm³/mol. The van der Waals surface area contributed by atoms with Gasteiger partial charge in [-0.3, -0.25) is 0 Å². The third kappa shape index (κ3) is 3.38. The molecule has 0 atom stereocenters. The summed E-state index contributed by atoms with van der Waals surface area (Å²) in [5, 5.41) is 12.3. The Kier molecular flexibility index (Phi) is 4.27. The minimum Gasteiger partial charge on any atom is -0.550 e. The maximum Gasteiger partial charge on any atom is 0.119 e. The molecule has 0 amide bonds. The lowest BCUT2D eigenvalue weighted by molar-refractivity contribution is -0.305. The number of pyridine rings is 1. The molecule has 0 N–H and O–H groups in total. The van der Waals surface area contributed by atoms with Crippen LogP contribution in [0.1, 0.15) is 12.0 Å². The van der Waals surface area contributed by atoms with E-state index in [0.29, 0.717) is 5.75 Å². The van der Waals surface area contributed by atoms with Crippen molar-refractivity contribution in [3.8, 4) is 5.75 Å². The Hall–Kier alpha value is -1.75. The van der Waals surface area contributed by atoms with Crippen molar-refractivity contribution < 1.29 is 14.6 Å². The average molecular weight is 276 g/mol. The Labute approximate surface area is 115 Å². The van der Waals surface area contributed by atoms with E-state index in [2.05, 4.69) is 4.98 Å². The minimum atomic E-state index is -1.03. The van der Waals surface area contributed by atoms with Gasteiger partial charge in [0.2, 0.25) is 0 Å².